The number of imidazole rings is 1. The summed E-state index contributed by atoms with van der Waals surface area (Å²) in [5.74, 6) is 1.06. The molecule has 0 N–H and O–H groups in total. The fraction of sp³-hybridized carbons (Fsp3) is 0.667. The molecule has 0 saturated heterocycles. The second-order valence-corrected chi connectivity index (χ2v) is 4.24. The summed E-state index contributed by atoms with van der Waals surface area (Å²) < 4.78 is 2.05. The Hall–Kier alpha value is -1.16. The summed E-state index contributed by atoms with van der Waals surface area (Å²) in [5.41, 5.74) is 0.716. The number of aldehydes is 1. The summed E-state index contributed by atoms with van der Waals surface area (Å²) in [6, 6.07) is 0.587. The van der Waals surface area contributed by atoms with Crippen molar-refractivity contribution in [3.05, 3.63) is 17.7 Å². The van der Waals surface area contributed by atoms with Gasteiger partial charge in [0.2, 0.25) is 0 Å². The van der Waals surface area contributed by atoms with Crippen molar-refractivity contribution in [3.63, 3.8) is 0 Å². The van der Waals surface area contributed by atoms with Gasteiger partial charge in [-0.25, -0.2) is 4.98 Å². The third kappa shape index (κ3) is 1.89. The van der Waals surface area contributed by atoms with E-state index in [1.807, 2.05) is 4.57 Å². The van der Waals surface area contributed by atoms with Crippen molar-refractivity contribution in [3.8, 4) is 0 Å². The van der Waals surface area contributed by atoms with Crippen LogP contribution in [0, 0.1) is 0 Å². The molecule has 16 heavy (non-hydrogen) atoms. The predicted octanol–water partition coefficient (Wildman–Crippen LogP) is 1.35. The van der Waals surface area contributed by atoms with Gasteiger partial charge in [-0.05, 0) is 19.5 Å². The topological polar surface area (TPSA) is 38.1 Å². The van der Waals surface area contributed by atoms with Gasteiger partial charge in [-0.3, -0.25) is 4.79 Å². The van der Waals surface area contributed by atoms with Crippen molar-refractivity contribution in [2.24, 2.45) is 0 Å². The molecule has 1 aromatic heterocycles. The van der Waals surface area contributed by atoms with Crippen LogP contribution >= 0.6 is 0 Å². The van der Waals surface area contributed by atoms with E-state index in [0.717, 1.165) is 44.6 Å². The first kappa shape index (κ1) is 11.3. The van der Waals surface area contributed by atoms with E-state index >= 15 is 0 Å². The Morgan fingerprint density at radius 2 is 2.31 bits per heavy atom. The van der Waals surface area contributed by atoms with E-state index < -0.39 is 0 Å². The molecule has 0 spiro atoms. The Morgan fingerprint density at radius 1 is 1.56 bits per heavy atom. The molecule has 2 heterocycles. The number of rotatable bonds is 4. The lowest BCUT2D eigenvalue weighted by atomic mass is 10.0. The molecule has 1 aliphatic rings. The molecule has 88 valence electrons. The van der Waals surface area contributed by atoms with Gasteiger partial charge in [0.05, 0.1) is 6.20 Å². The van der Waals surface area contributed by atoms with Crippen LogP contribution in [0.15, 0.2) is 6.20 Å². The lowest BCUT2D eigenvalue weighted by Crippen LogP contribution is -2.40. The van der Waals surface area contributed by atoms with Gasteiger partial charge in [0, 0.05) is 19.0 Å². The summed E-state index contributed by atoms with van der Waals surface area (Å²) in [4.78, 5) is 17.6. The molecular formula is C12H19N3O. The number of hydrogen-bond donors (Lipinski definition) is 0. The van der Waals surface area contributed by atoms with Crippen LogP contribution in [0.1, 0.15) is 36.6 Å². The molecule has 4 heteroatoms. The summed E-state index contributed by atoms with van der Waals surface area (Å²) in [6.07, 6.45) is 4.67. The van der Waals surface area contributed by atoms with Crippen LogP contribution in [-0.4, -0.2) is 39.9 Å². The van der Waals surface area contributed by atoms with Crippen LogP contribution in [0.2, 0.25) is 0 Å². The lowest BCUT2D eigenvalue weighted by Gasteiger charge is -2.33. The van der Waals surface area contributed by atoms with Crippen molar-refractivity contribution in [1.82, 2.24) is 14.5 Å². The van der Waals surface area contributed by atoms with E-state index in [4.69, 9.17) is 0 Å². The maximum absolute atomic E-state index is 10.8. The molecule has 2 rings (SSSR count). The minimum absolute atomic E-state index is 0.587. The van der Waals surface area contributed by atoms with Gasteiger partial charge in [-0.15, -0.1) is 0 Å². The average molecular weight is 221 g/mol. The number of aromatic nitrogens is 2. The third-order valence-corrected chi connectivity index (χ3v) is 3.52. The molecular weight excluding hydrogens is 202 g/mol. The van der Waals surface area contributed by atoms with Gasteiger partial charge in [0.1, 0.15) is 11.5 Å². The molecule has 1 atom stereocenters. The number of carbonyl (C=O) groups is 1. The van der Waals surface area contributed by atoms with Gasteiger partial charge < -0.3 is 9.47 Å². The van der Waals surface area contributed by atoms with Gasteiger partial charge in [-0.2, -0.15) is 0 Å². The van der Waals surface area contributed by atoms with E-state index in [1.165, 1.54) is 0 Å². The number of hydrogen-bond acceptors (Lipinski definition) is 3. The van der Waals surface area contributed by atoms with Gasteiger partial charge in [0.15, 0.2) is 6.29 Å². The standard InChI is InChI=1S/C12H19N3O/c1-3-14(4-2)10-5-6-15-11(9-16)8-13-12(15)7-10/h8-10H,3-7H2,1-2H3. The van der Waals surface area contributed by atoms with Gasteiger partial charge in [0.25, 0.3) is 0 Å². The molecule has 0 aromatic carbocycles. The van der Waals surface area contributed by atoms with Crippen molar-refractivity contribution in [1.29, 1.82) is 0 Å². The van der Waals surface area contributed by atoms with E-state index in [1.54, 1.807) is 6.20 Å². The van der Waals surface area contributed by atoms with E-state index in [2.05, 4.69) is 23.7 Å². The van der Waals surface area contributed by atoms with Crippen LogP contribution < -0.4 is 0 Å². The first-order valence-electron chi connectivity index (χ1n) is 6.03. The molecule has 4 nitrogen and oxygen atoms in total. The van der Waals surface area contributed by atoms with E-state index in [-0.39, 0.29) is 0 Å². The van der Waals surface area contributed by atoms with E-state index in [0.29, 0.717) is 11.7 Å². The molecule has 0 radical (unpaired) electrons. The molecule has 0 amide bonds. The third-order valence-electron chi connectivity index (χ3n) is 3.52. The zero-order chi connectivity index (χ0) is 11.5. The predicted molar refractivity (Wildman–Crippen MR) is 62.6 cm³/mol. The first-order chi connectivity index (χ1) is 7.80. The summed E-state index contributed by atoms with van der Waals surface area (Å²) >= 11 is 0. The largest absolute Gasteiger partial charge is 0.326 e. The first-order valence-corrected chi connectivity index (χ1v) is 6.03. The molecule has 1 aliphatic heterocycles. The fourth-order valence-electron chi connectivity index (χ4n) is 2.59. The highest BCUT2D eigenvalue weighted by Crippen LogP contribution is 2.19. The molecule has 0 saturated carbocycles. The minimum Gasteiger partial charge on any atom is -0.326 e. The Morgan fingerprint density at radius 3 is 2.94 bits per heavy atom. The highest BCUT2D eigenvalue weighted by molar-refractivity contribution is 5.71. The maximum Gasteiger partial charge on any atom is 0.168 e. The fourth-order valence-corrected chi connectivity index (χ4v) is 2.59. The molecule has 0 fully saturated rings. The highest BCUT2D eigenvalue weighted by Gasteiger charge is 2.24. The Labute approximate surface area is 96.3 Å². The van der Waals surface area contributed by atoms with Crippen molar-refractivity contribution in [2.75, 3.05) is 13.1 Å². The number of nitrogens with zero attached hydrogens (tertiary/aromatic N) is 3. The monoisotopic (exact) mass is 221 g/mol. The summed E-state index contributed by atoms with van der Waals surface area (Å²) in [7, 11) is 0. The van der Waals surface area contributed by atoms with Gasteiger partial charge >= 0.3 is 0 Å². The molecule has 0 bridgehead atoms. The maximum atomic E-state index is 10.8. The van der Waals surface area contributed by atoms with Crippen LogP contribution in [0.5, 0.6) is 0 Å². The van der Waals surface area contributed by atoms with Crippen molar-refractivity contribution in [2.45, 2.75) is 39.3 Å². The molecule has 1 aromatic rings. The second kappa shape index (κ2) is 4.78. The van der Waals surface area contributed by atoms with Crippen LogP contribution in [0.4, 0.5) is 0 Å². The molecule has 0 aliphatic carbocycles. The number of likely N-dealkylation sites (N-methyl/N-ethyl adjacent to an activating group) is 1. The number of fused-ring (bicyclic) bond motifs is 1. The van der Waals surface area contributed by atoms with E-state index in [9.17, 15) is 4.79 Å². The quantitative estimate of drug-likeness (QED) is 0.720. The summed E-state index contributed by atoms with van der Waals surface area (Å²) in [6.45, 7) is 7.48. The Bertz CT molecular complexity index is 368. The van der Waals surface area contributed by atoms with Crippen LogP contribution in [-0.2, 0) is 13.0 Å². The number of carbonyl (C=O) groups excluding carboxylic acids is 1. The molecule has 1 unspecified atom stereocenters. The van der Waals surface area contributed by atoms with Crippen LogP contribution in [0.25, 0.3) is 0 Å². The Kier molecular flexibility index (Phi) is 3.39. The minimum atomic E-state index is 0.587. The van der Waals surface area contributed by atoms with Crippen molar-refractivity contribution >= 4 is 6.29 Å². The second-order valence-electron chi connectivity index (χ2n) is 4.24. The lowest BCUT2D eigenvalue weighted by molar-refractivity contribution is 0.111. The summed E-state index contributed by atoms with van der Waals surface area (Å²) in [5, 5.41) is 0. The zero-order valence-corrected chi connectivity index (χ0v) is 10.0. The van der Waals surface area contributed by atoms with Crippen molar-refractivity contribution < 1.29 is 4.79 Å². The SMILES string of the molecule is CCN(CC)C1CCn2c(C=O)cnc2C1. The highest BCUT2D eigenvalue weighted by atomic mass is 16.1. The van der Waals surface area contributed by atoms with Crippen LogP contribution in [0.3, 0.4) is 0 Å². The Balaban J connectivity index is 2.15. The zero-order valence-electron chi connectivity index (χ0n) is 10.0. The average Bonchev–Trinajstić information content (AvgIpc) is 2.73. The smallest absolute Gasteiger partial charge is 0.168 e. The normalized spacial score (nSPS) is 19.8. The van der Waals surface area contributed by atoms with Gasteiger partial charge in [-0.1, -0.05) is 13.8 Å².